The van der Waals surface area contributed by atoms with E-state index in [2.05, 4.69) is 12.2 Å². The van der Waals surface area contributed by atoms with Gasteiger partial charge in [-0.2, -0.15) is 0 Å². The third-order valence-electron chi connectivity index (χ3n) is 6.17. The molecule has 2 fully saturated rings. The molecule has 0 aliphatic carbocycles. The fraction of sp³-hybridized carbons (Fsp3) is 0.417. The van der Waals surface area contributed by atoms with E-state index < -0.39 is 6.09 Å². The van der Waals surface area contributed by atoms with Gasteiger partial charge in [-0.25, -0.2) is 9.18 Å². The smallest absolute Gasteiger partial charge is 0.407 e. The summed E-state index contributed by atoms with van der Waals surface area (Å²) in [6.45, 7) is 4.96. The van der Waals surface area contributed by atoms with Crippen molar-refractivity contribution in [2.45, 2.75) is 31.9 Å². The molecule has 8 heteroatoms. The molecular weight excluding hydrogens is 413 g/mol. The average molecular weight is 442 g/mol. The second-order valence-electron chi connectivity index (χ2n) is 8.24. The van der Waals surface area contributed by atoms with Gasteiger partial charge in [0.15, 0.2) is 0 Å². The molecule has 2 amide bonds. The SMILES string of the molecule is CC[C@H]1CNCCN1C(=O)c1ccc(O[C@H]2CCN(C(=O)O)C2)c(-c2ccc(F)cc2)c1. The number of nitrogens with one attached hydrogen (secondary N) is 1. The van der Waals surface area contributed by atoms with E-state index in [9.17, 15) is 19.1 Å². The van der Waals surface area contributed by atoms with Crippen LogP contribution in [0.1, 0.15) is 30.1 Å². The van der Waals surface area contributed by atoms with Crippen molar-refractivity contribution in [1.29, 1.82) is 0 Å². The van der Waals surface area contributed by atoms with Crippen molar-refractivity contribution < 1.29 is 23.8 Å². The van der Waals surface area contributed by atoms with Crippen molar-refractivity contribution in [1.82, 2.24) is 15.1 Å². The largest absolute Gasteiger partial charge is 0.488 e. The van der Waals surface area contributed by atoms with Crippen LogP contribution in [0, 0.1) is 5.82 Å². The Morgan fingerprint density at radius 1 is 1.19 bits per heavy atom. The molecule has 4 rings (SSSR count). The summed E-state index contributed by atoms with van der Waals surface area (Å²) in [6, 6.07) is 11.5. The van der Waals surface area contributed by atoms with Crippen LogP contribution in [0.25, 0.3) is 11.1 Å². The second kappa shape index (κ2) is 9.56. The first-order valence-electron chi connectivity index (χ1n) is 11.0. The van der Waals surface area contributed by atoms with Gasteiger partial charge in [-0.1, -0.05) is 19.1 Å². The van der Waals surface area contributed by atoms with Crippen LogP contribution in [0.5, 0.6) is 5.75 Å². The zero-order valence-electron chi connectivity index (χ0n) is 18.1. The quantitative estimate of drug-likeness (QED) is 0.743. The number of benzene rings is 2. The van der Waals surface area contributed by atoms with Gasteiger partial charge in [0.1, 0.15) is 17.7 Å². The number of ether oxygens (including phenoxy) is 1. The van der Waals surface area contributed by atoms with Gasteiger partial charge >= 0.3 is 6.09 Å². The lowest BCUT2D eigenvalue weighted by Gasteiger charge is -2.36. The fourth-order valence-corrected chi connectivity index (χ4v) is 4.36. The molecule has 2 heterocycles. The Hall–Kier alpha value is -3.13. The van der Waals surface area contributed by atoms with E-state index in [1.165, 1.54) is 17.0 Å². The van der Waals surface area contributed by atoms with Gasteiger partial charge in [-0.3, -0.25) is 4.79 Å². The number of nitrogens with zero attached hydrogens (tertiary/aromatic N) is 2. The van der Waals surface area contributed by atoms with Gasteiger partial charge in [0, 0.05) is 49.8 Å². The molecule has 0 radical (unpaired) electrons. The number of piperazine rings is 1. The van der Waals surface area contributed by atoms with Crippen LogP contribution in [0.3, 0.4) is 0 Å². The third-order valence-corrected chi connectivity index (χ3v) is 6.17. The number of hydrogen-bond acceptors (Lipinski definition) is 4. The number of halogens is 1. The van der Waals surface area contributed by atoms with E-state index in [0.29, 0.717) is 36.4 Å². The normalized spacial score (nSPS) is 20.9. The molecule has 170 valence electrons. The second-order valence-corrected chi connectivity index (χ2v) is 8.24. The summed E-state index contributed by atoms with van der Waals surface area (Å²) in [6.07, 6.45) is 0.225. The molecule has 2 aromatic carbocycles. The predicted molar refractivity (Wildman–Crippen MR) is 118 cm³/mol. The summed E-state index contributed by atoms with van der Waals surface area (Å²) in [7, 11) is 0. The van der Waals surface area contributed by atoms with E-state index in [4.69, 9.17) is 4.74 Å². The zero-order valence-corrected chi connectivity index (χ0v) is 18.1. The maximum atomic E-state index is 13.5. The first-order chi connectivity index (χ1) is 15.5. The Bertz CT molecular complexity index is 982. The minimum absolute atomic E-state index is 0.0359. The Morgan fingerprint density at radius 2 is 1.97 bits per heavy atom. The molecule has 32 heavy (non-hydrogen) atoms. The highest BCUT2D eigenvalue weighted by molar-refractivity contribution is 5.96. The minimum atomic E-state index is -0.961. The number of hydrogen-bond donors (Lipinski definition) is 2. The van der Waals surface area contributed by atoms with Crippen LogP contribution in [0.15, 0.2) is 42.5 Å². The molecule has 2 aliphatic rings. The summed E-state index contributed by atoms with van der Waals surface area (Å²) in [4.78, 5) is 27.8. The van der Waals surface area contributed by atoms with Crippen LogP contribution in [0.4, 0.5) is 9.18 Å². The Morgan fingerprint density at radius 3 is 2.66 bits per heavy atom. The van der Waals surface area contributed by atoms with Gasteiger partial charge in [-0.15, -0.1) is 0 Å². The molecule has 2 saturated heterocycles. The number of carbonyl (C=O) groups excluding carboxylic acids is 1. The van der Waals surface area contributed by atoms with Crippen molar-refractivity contribution >= 4 is 12.0 Å². The average Bonchev–Trinajstić information content (AvgIpc) is 3.28. The van der Waals surface area contributed by atoms with Crippen LogP contribution >= 0.6 is 0 Å². The minimum Gasteiger partial charge on any atom is -0.488 e. The summed E-state index contributed by atoms with van der Waals surface area (Å²) >= 11 is 0. The van der Waals surface area contributed by atoms with Crippen LogP contribution < -0.4 is 10.1 Å². The number of likely N-dealkylation sites (tertiary alicyclic amines) is 1. The molecule has 2 aliphatic heterocycles. The Kier molecular flexibility index (Phi) is 6.60. The van der Waals surface area contributed by atoms with Crippen LogP contribution in [0.2, 0.25) is 0 Å². The fourth-order valence-electron chi connectivity index (χ4n) is 4.36. The monoisotopic (exact) mass is 441 g/mol. The lowest BCUT2D eigenvalue weighted by Crippen LogP contribution is -2.53. The van der Waals surface area contributed by atoms with Gasteiger partial charge < -0.3 is 25.0 Å². The molecule has 2 atom stereocenters. The molecule has 0 unspecified atom stereocenters. The third kappa shape index (κ3) is 4.70. The highest BCUT2D eigenvalue weighted by Gasteiger charge is 2.29. The molecule has 0 bridgehead atoms. The number of carboxylic acid groups (broad SMARTS) is 1. The number of amides is 2. The molecular formula is C24H28FN3O4. The van der Waals surface area contributed by atoms with Crippen LogP contribution in [-0.2, 0) is 0 Å². The standard InChI is InChI=1S/C24H28FN3O4/c1-2-19-14-26-10-12-28(19)23(29)17-5-8-22(32-20-9-11-27(15-20)24(30)31)21(13-17)16-3-6-18(25)7-4-16/h3-8,13,19-20,26H,2,9-12,14-15H2,1H3,(H,30,31)/t19-,20-/m0/s1. The van der Waals surface area contributed by atoms with E-state index in [1.807, 2.05) is 4.90 Å². The lowest BCUT2D eigenvalue weighted by molar-refractivity contribution is 0.0631. The van der Waals surface area contributed by atoms with E-state index in [-0.39, 0.29) is 30.4 Å². The maximum Gasteiger partial charge on any atom is 0.407 e. The van der Waals surface area contributed by atoms with E-state index >= 15 is 0 Å². The highest BCUT2D eigenvalue weighted by Crippen LogP contribution is 2.34. The summed E-state index contributed by atoms with van der Waals surface area (Å²) < 4.78 is 19.7. The van der Waals surface area contributed by atoms with Gasteiger partial charge in [0.25, 0.3) is 5.91 Å². The molecule has 0 spiro atoms. The Labute approximate surface area is 186 Å². The van der Waals surface area contributed by atoms with Crippen molar-refractivity contribution in [3.05, 3.63) is 53.8 Å². The van der Waals surface area contributed by atoms with Crippen LogP contribution in [-0.4, -0.2) is 71.8 Å². The number of rotatable bonds is 5. The van der Waals surface area contributed by atoms with Gasteiger partial charge in [0.2, 0.25) is 0 Å². The van der Waals surface area contributed by atoms with E-state index in [0.717, 1.165) is 25.1 Å². The maximum absolute atomic E-state index is 13.5. The molecule has 2 N–H and O–H groups in total. The predicted octanol–water partition coefficient (Wildman–Crippen LogP) is 3.45. The van der Waals surface area contributed by atoms with Crippen molar-refractivity contribution in [2.24, 2.45) is 0 Å². The first kappa shape index (κ1) is 22.1. The Balaban J connectivity index is 1.64. The first-order valence-corrected chi connectivity index (χ1v) is 11.0. The van der Waals surface area contributed by atoms with Crippen molar-refractivity contribution in [3.63, 3.8) is 0 Å². The summed E-state index contributed by atoms with van der Waals surface area (Å²) in [5.74, 6) is 0.173. The van der Waals surface area contributed by atoms with Crippen molar-refractivity contribution in [2.75, 3.05) is 32.7 Å². The summed E-state index contributed by atoms with van der Waals surface area (Å²) in [5, 5.41) is 12.5. The van der Waals surface area contributed by atoms with Gasteiger partial charge in [0.05, 0.1) is 6.54 Å². The van der Waals surface area contributed by atoms with E-state index in [1.54, 1.807) is 30.3 Å². The molecule has 7 nitrogen and oxygen atoms in total. The highest BCUT2D eigenvalue weighted by atomic mass is 19.1. The number of carbonyl (C=O) groups is 2. The lowest BCUT2D eigenvalue weighted by atomic mass is 10.00. The summed E-state index contributed by atoms with van der Waals surface area (Å²) in [5.41, 5.74) is 1.97. The zero-order chi connectivity index (χ0) is 22.7. The van der Waals surface area contributed by atoms with Gasteiger partial charge in [-0.05, 0) is 42.3 Å². The topological polar surface area (TPSA) is 82.1 Å². The molecule has 2 aromatic rings. The van der Waals surface area contributed by atoms with Crippen molar-refractivity contribution in [3.8, 4) is 16.9 Å². The molecule has 0 saturated carbocycles. The molecule has 0 aromatic heterocycles.